The number of hydrogen-bond acceptors (Lipinski definition) is 2. The Kier molecular flexibility index (Phi) is 4.11. The Bertz CT molecular complexity index is 225. The largest absolute Gasteiger partial charge is 0.342 e. The van der Waals surface area contributed by atoms with Gasteiger partial charge in [0.2, 0.25) is 5.91 Å². The summed E-state index contributed by atoms with van der Waals surface area (Å²) in [6.07, 6.45) is 3.85. The summed E-state index contributed by atoms with van der Waals surface area (Å²) in [6, 6.07) is 0. The number of nitrogens with zero attached hydrogens (tertiary/aromatic N) is 1. The fourth-order valence-electron chi connectivity index (χ4n) is 1.89. The van der Waals surface area contributed by atoms with E-state index in [-0.39, 0.29) is 17.6 Å². The van der Waals surface area contributed by atoms with Crippen LogP contribution in [0.1, 0.15) is 39.5 Å². The molecule has 0 aromatic rings. The topological polar surface area (TPSA) is 37.4 Å². The van der Waals surface area contributed by atoms with Crippen molar-refractivity contribution in [3.63, 3.8) is 0 Å². The molecule has 1 rings (SSSR count). The number of amides is 1. The van der Waals surface area contributed by atoms with Gasteiger partial charge in [-0.2, -0.15) is 0 Å². The second-order valence-corrected chi connectivity index (χ2v) is 3.98. The third-order valence-corrected chi connectivity index (χ3v) is 2.80. The quantitative estimate of drug-likeness (QED) is 0.642. The van der Waals surface area contributed by atoms with Crippen LogP contribution in [0.15, 0.2) is 0 Å². The molecule has 0 aromatic carbocycles. The fourth-order valence-corrected chi connectivity index (χ4v) is 1.89. The molecule has 1 heterocycles. The molecule has 0 spiro atoms. The zero-order valence-electron chi connectivity index (χ0n) is 9.08. The summed E-state index contributed by atoms with van der Waals surface area (Å²) in [4.78, 5) is 24.8. The third kappa shape index (κ3) is 2.56. The number of piperidine rings is 1. The molecule has 1 aliphatic heterocycles. The maximum Gasteiger partial charge on any atom is 0.233 e. The van der Waals surface area contributed by atoms with Crippen molar-refractivity contribution in [3.05, 3.63) is 0 Å². The minimum atomic E-state index is -0.347. The van der Waals surface area contributed by atoms with Gasteiger partial charge in [0.05, 0.1) is 5.92 Å². The number of Topliss-reactive ketones (excluding diaryl/α,β-unsaturated/α-hetero) is 1. The molecule has 1 atom stereocenters. The average Bonchev–Trinajstić information content (AvgIpc) is 2.16. The van der Waals surface area contributed by atoms with Crippen LogP contribution in [0.2, 0.25) is 0 Å². The van der Waals surface area contributed by atoms with Gasteiger partial charge in [0.25, 0.3) is 0 Å². The highest BCUT2D eigenvalue weighted by atomic mass is 16.2. The zero-order chi connectivity index (χ0) is 10.6. The first kappa shape index (κ1) is 11.2. The van der Waals surface area contributed by atoms with Gasteiger partial charge in [-0.25, -0.2) is 0 Å². The molecule has 1 fully saturated rings. The Hall–Kier alpha value is -0.860. The minimum Gasteiger partial charge on any atom is -0.342 e. The number of rotatable bonds is 4. The van der Waals surface area contributed by atoms with Gasteiger partial charge < -0.3 is 4.90 Å². The van der Waals surface area contributed by atoms with E-state index in [1.54, 1.807) is 0 Å². The maximum atomic E-state index is 11.8. The molecule has 1 amide bonds. The number of unbranched alkanes of at least 4 members (excludes halogenated alkanes) is 1. The van der Waals surface area contributed by atoms with Crippen LogP contribution in [0, 0.1) is 5.92 Å². The van der Waals surface area contributed by atoms with E-state index in [0.29, 0.717) is 0 Å². The molecule has 1 unspecified atom stereocenters. The average molecular weight is 197 g/mol. The van der Waals surface area contributed by atoms with E-state index in [9.17, 15) is 9.59 Å². The number of carbonyl (C=O) groups excluding carboxylic acids is 2. The predicted octanol–water partition coefficient (Wildman–Crippen LogP) is 1.61. The van der Waals surface area contributed by atoms with E-state index in [1.807, 2.05) is 4.90 Å². The Morgan fingerprint density at radius 3 is 2.86 bits per heavy atom. The van der Waals surface area contributed by atoms with Crippen LogP contribution in [0.4, 0.5) is 0 Å². The van der Waals surface area contributed by atoms with Crippen molar-refractivity contribution in [1.82, 2.24) is 4.90 Å². The molecule has 80 valence electrons. The Morgan fingerprint density at radius 1 is 1.57 bits per heavy atom. The van der Waals surface area contributed by atoms with Crippen molar-refractivity contribution in [3.8, 4) is 0 Å². The molecule has 0 bridgehead atoms. The first-order valence-corrected chi connectivity index (χ1v) is 5.46. The molecule has 14 heavy (non-hydrogen) atoms. The highest BCUT2D eigenvalue weighted by molar-refractivity contribution is 6.00. The summed E-state index contributed by atoms with van der Waals surface area (Å²) in [5.41, 5.74) is 0. The first-order chi connectivity index (χ1) is 6.66. The molecule has 0 aromatic heterocycles. The lowest BCUT2D eigenvalue weighted by molar-refractivity contribution is -0.143. The first-order valence-electron chi connectivity index (χ1n) is 5.46. The molecule has 3 heteroatoms. The summed E-state index contributed by atoms with van der Waals surface area (Å²) in [5, 5.41) is 0. The van der Waals surface area contributed by atoms with Crippen LogP contribution in [-0.2, 0) is 9.59 Å². The van der Waals surface area contributed by atoms with Gasteiger partial charge in [0.15, 0.2) is 0 Å². The normalized spacial score (nSPS) is 22.6. The number of ketones is 1. The van der Waals surface area contributed by atoms with Gasteiger partial charge in [-0.15, -0.1) is 0 Å². The minimum absolute atomic E-state index is 0.0243. The molecule has 0 aliphatic carbocycles. The number of carbonyl (C=O) groups is 2. The van der Waals surface area contributed by atoms with Gasteiger partial charge in [-0.05, 0) is 26.2 Å². The summed E-state index contributed by atoms with van der Waals surface area (Å²) < 4.78 is 0. The second-order valence-electron chi connectivity index (χ2n) is 3.98. The molecule has 0 radical (unpaired) electrons. The summed E-state index contributed by atoms with van der Waals surface area (Å²) in [6.45, 7) is 5.28. The monoisotopic (exact) mass is 197 g/mol. The van der Waals surface area contributed by atoms with Crippen molar-refractivity contribution in [2.75, 3.05) is 13.1 Å². The number of likely N-dealkylation sites (tertiary alicyclic amines) is 1. The Labute approximate surface area is 85.5 Å². The molecular formula is C11H19NO2. The molecular weight excluding hydrogens is 178 g/mol. The maximum absolute atomic E-state index is 11.8. The van der Waals surface area contributed by atoms with E-state index < -0.39 is 0 Å². The van der Waals surface area contributed by atoms with Crippen molar-refractivity contribution >= 4 is 11.7 Å². The van der Waals surface area contributed by atoms with Gasteiger partial charge in [0, 0.05) is 13.1 Å². The second kappa shape index (κ2) is 5.13. The van der Waals surface area contributed by atoms with Gasteiger partial charge in [-0.3, -0.25) is 9.59 Å². The van der Waals surface area contributed by atoms with E-state index in [1.165, 1.54) is 6.92 Å². The molecule has 0 saturated carbocycles. The highest BCUT2D eigenvalue weighted by Crippen LogP contribution is 2.19. The zero-order valence-corrected chi connectivity index (χ0v) is 9.08. The van der Waals surface area contributed by atoms with Gasteiger partial charge in [-0.1, -0.05) is 13.3 Å². The van der Waals surface area contributed by atoms with Crippen molar-refractivity contribution in [1.29, 1.82) is 0 Å². The lowest BCUT2D eigenvalue weighted by Crippen LogP contribution is -2.44. The molecule has 0 N–H and O–H groups in total. The van der Waals surface area contributed by atoms with Crippen LogP contribution in [-0.4, -0.2) is 29.7 Å². The lowest BCUT2D eigenvalue weighted by atomic mass is 9.93. The molecule has 3 nitrogen and oxygen atoms in total. The Balaban J connectivity index is 2.52. The van der Waals surface area contributed by atoms with Crippen LogP contribution >= 0.6 is 0 Å². The van der Waals surface area contributed by atoms with Crippen molar-refractivity contribution in [2.24, 2.45) is 5.92 Å². The van der Waals surface area contributed by atoms with Gasteiger partial charge in [0.1, 0.15) is 5.78 Å². The number of hydrogen-bond donors (Lipinski definition) is 0. The predicted molar refractivity (Wildman–Crippen MR) is 54.9 cm³/mol. The fraction of sp³-hybridized carbons (Fsp3) is 0.818. The highest BCUT2D eigenvalue weighted by Gasteiger charge is 2.31. The van der Waals surface area contributed by atoms with E-state index in [2.05, 4.69) is 6.92 Å². The van der Waals surface area contributed by atoms with Crippen LogP contribution in [0.3, 0.4) is 0 Å². The van der Waals surface area contributed by atoms with Gasteiger partial charge >= 0.3 is 0 Å². The SMILES string of the molecule is CCCCN1CCCC(C(C)=O)C1=O. The van der Waals surface area contributed by atoms with Crippen molar-refractivity contribution < 1.29 is 9.59 Å². The standard InChI is InChI=1S/C11H19NO2/c1-3-4-7-12-8-5-6-10(9(2)13)11(12)14/h10H,3-8H2,1-2H3. The van der Waals surface area contributed by atoms with Crippen LogP contribution in [0.25, 0.3) is 0 Å². The molecule has 1 saturated heterocycles. The van der Waals surface area contributed by atoms with Crippen LogP contribution < -0.4 is 0 Å². The van der Waals surface area contributed by atoms with Crippen molar-refractivity contribution in [2.45, 2.75) is 39.5 Å². The Morgan fingerprint density at radius 2 is 2.29 bits per heavy atom. The third-order valence-electron chi connectivity index (χ3n) is 2.80. The smallest absolute Gasteiger partial charge is 0.233 e. The van der Waals surface area contributed by atoms with E-state index >= 15 is 0 Å². The summed E-state index contributed by atoms with van der Waals surface area (Å²) in [5.74, 6) is -0.269. The van der Waals surface area contributed by atoms with E-state index in [4.69, 9.17) is 0 Å². The molecule has 1 aliphatic rings. The summed E-state index contributed by atoms with van der Waals surface area (Å²) in [7, 11) is 0. The lowest BCUT2D eigenvalue weighted by Gasteiger charge is -2.31. The summed E-state index contributed by atoms with van der Waals surface area (Å²) >= 11 is 0. The van der Waals surface area contributed by atoms with Crippen LogP contribution in [0.5, 0.6) is 0 Å². The van der Waals surface area contributed by atoms with E-state index in [0.717, 1.165) is 38.8 Å².